The van der Waals surface area contributed by atoms with Crippen LogP contribution in [0.15, 0.2) is 48.5 Å². The molecule has 0 fully saturated rings. The summed E-state index contributed by atoms with van der Waals surface area (Å²) in [5.74, 6) is 0. The molecular weight excluding hydrogens is 264 g/mol. The SMILES string of the molecule is Cc1ccc(C)c(CC(O)c2cc3ccccc3s2)c1. The van der Waals surface area contributed by atoms with Crippen LogP contribution in [0.4, 0.5) is 0 Å². The van der Waals surface area contributed by atoms with E-state index in [1.807, 2.05) is 12.1 Å². The highest BCUT2D eigenvalue weighted by molar-refractivity contribution is 7.19. The molecule has 0 aliphatic carbocycles. The molecule has 1 nitrogen and oxygen atoms in total. The van der Waals surface area contributed by atoms with Crippen molar-refractivity contribution in [2.45, 2.75) is 26.4 Å². The Morgan fingerprint density at radius 2 is 1.85 bits per heavy atom. The molecule has 3 rings (SSSR count). The Morgan fingerprint density at radius 3 is 2.65 bits per heavy atom. The molecule has 2 heteroatoms. The Bertz CT molecular complexity index is 709. The van der Waals surface area contributed by atoms with Crippen molar-refractivity contribution >= 4 is 21.4 Å². The van der Waals surface area contributed by atoms with Crippen LogP contribution in [0.25, 0.3) is 10.1 Å². The largest absolute Gasteiger partial charge is 0.387 e. The van der Waals surface area contributed by atoms with Crippen molar-refractivity contribution in [2.24, 2.45) is 0 Å². The average molecular weight is 282 g/mol. The number of hydrogen-bond donors (Lipinski definition) is 1. The van der Waals surface area contributed by atoms with E-state index in [-0.39, 0.29) is 0 Å². The van der Waals surface area contributed by atoms with Crippen molar-refractivity contribution in [1.29, 1.82) is 0 Å². The predicted molar refractivity (Wildman–Crippen MR) is 86.4 cm³/mol. The Kier molecular flexibility index (Phi) is 3.60. The summed E-state index contributed by atoms with van der Waals surface area (Å²) in [6.45, 7) is 4.20. The third kappa shape index (κ3) is 2.62. The minimum absolute atomic E-state index is 0.423. The fourth-order valence-corrected chi connectivity index (χ4v) is 3.55. The molecule has 0 radical (unpaired) electrons. The van der Waals surface area contributed by atoms with Gasteiger partial charge in [0.2, 0.25) is 0 Å². The smallest absolute Gasteiger partial charge is 0.0922 e. The maximum atomic E-state index is 10.5. The summed E-state index contributed by atoms with van der Waals surface area (Å²) in [6, 6.07) is 16.8. The molecule has 0 aliphatic rings. The molecule has 0 amide bonds. The highest BCUT2D eigenvalue weighted by Gasteiger charge is 2.13. The lowest BCUT2D eigenvalue weighted by Gasteiger charge is -2.11. The van der Waals surface area contributed by atoms with Crippen molar-refractivity contribution in [3.8, 4) is 0 Å². The molecule has 0 spiro atoms. The number of thiophene rings is 1. The molecule has 0 saturated carbocycles. The van der Waals surface area contributed by atoms with Crippen LogP contribution in [0.1, 0.15) is 27.7 Å². The van der Waals surface area contributed by atoms with E-state index in [9.17, 15) is 5.11 Å². The monoisotopic (exact) mass is 282 g/mol. The molecule has 1 atom stereocenters. The Balaban J connectivity index is 1.88. The van der Waals surface area contributed by atoms with Crippen LogP contribution in [0.3, 0.4) is 0 Å². The molecule has 0 aliphatic heterocycles. The van der Waals surface area contributed by atoms with Crippen molar-refractivity contribution in [2.75, 3.05) is 0 Å². The van der Waals surface area contributed by atoms with Gasteiger partial charge in [0.15, 0.2) is 0 Å². The molecule has 0 saturated heterocycles. The molecular formula is C18H18OS. The topological polar surface area (TPSA) is 20.2 Å². The van der Waals surface area contributed by atoms with Crippen molar-refractivity contribution in [3.05, 3.63) is 70.1 Å². The third-order valence-electron chi connectivity index (χ3n) is 3.69. The van der Waals surface area contributed by atoms with Crippen LogP contribution < -0.4 is 0 Å². The quantitative estimate of drug-likeness (QED) is 0.732. The van der Waals surface area contributed by atoms with Crippen LogP contribution in [0.2, 0.25) is 0 Å². The second-order valence-electron chi connectivity index (χ2n) is 5.34. The van der Waals surface area contributed by atoms with E-state index in [1.54, 1.807) is 11.3 Å². The number of rotatable bonds is 3. The number of aliphatic hydroxyl groups is 1. The summed E-state index contributed by atoms with van der Waals surface area (Å²) < 4.78 is 1.24. The van der Waals surface area contributed by atoms with Gasteiger partial charge in [-0.3, -0.25) is 0 Å². The van der Waals surface area contributed by atoms with Crippen molar-refractivity contribution < 1.29 is 5.11 Å². The van der Waals surface area contributed by atoms with Gasteiger partial charge in [-0.2, -0.15) is 0 Å². The summed E-state index contributed by atoms with van der Waals surface area (Å²) >= 11 is 1.68. The van der Waals surface area contributed by atoms with E-state index < -0.39 is 6.10 Å². The Morgan fingerprint density at radius 1 is 1.05 bits per heavy atom. The zero-order chi connectivity index (χ0) is 14.1. The second kappa shape index (κ2) is 5.39. The summed E-state index contributed by atoms with van der Waals surface area (Å²) in [5, 5.41) is 11.7. The number of benzene rings is 2. The molecule has 3 aromatic rings. The Hall–Kier alpha value is -1.64. The maximum absolute atomic E-state index is 10.5. The van der Waals surface area contributed by atoms with Gasteiger partial charge in [-0.05, 0) is 42.5 Å². The predicted octanol–water partition coefficient (Wildman–Crippen LogP) is 4.79. The van der Waals surface area contributed by atoms with Crippen molar-refractivity contribution in [1.82, 2.24) is 0 Å². The highest BCUT2D eigenvalue weighted by Crippen LogP contribution is 2.31. The summed E-state index contributed by atoms with van der Waals surface area (Å²) in [4.78, 5) is 1.05. The van der Waals surface area contributed by atoms with E-state index in [4.69, 9.17) is 0 Å². The van der Waals surface area contributed by atoms with Gasteiger partial charge in [0, 0.05) is 16.0 Å². The molecule has 20 heavy (non-hydrogen) atoms. The summed E-state index contributed by atoms with van der Waals surface area (Å²) in [5.41, 5.74) is 3.72. The van der Waals surface area contributed by atoms with Gasteiger partial charge >= 0.3 is 0 Å². The molecule has 2 aromatic carbocycles. The first kappa shape index (κ1) is 13.3. The maximum Gasteiger partial charge on any atom is 0.0922 e. The summed E-state index contributed by atoms with van der Waals surface area (Å²) in [7, 11) is 0. The molecule has 1 heterocycles. The normalized spacial score (nSPS) is 12.8. The lowest BCUT2D eigenvalue weighted by molar-refractivity contribution is 0.182. The first-order valence-electron chi connectivity index (χ1n) is 6.86. The van der Waals surface area contributed by atoms with Gasteiger partial charge < -0.3 is 5.11 Å². The number of fused-ring (bicyclic) bond motifs is 1. The first-order valence-corrected chi connectivity index (χ1v) is 7.68. The van der Waals surface area contributed by atoms with Crippen molar-refractivity contribution in [3.63, 3.8) is 0 Å². The molecule has 1 unspecified atom stereocenters. The number of aliphatic hydroxyl groups excluding tert-OH is 1. The standard InChI is InChI=1S/C18H18OS/c1-12-7-8-13(2)15(9-12)10-16(19)18-11-14-5-3-4-6-17(14)20-18/h3-9,11,16,19H,10H2,1-2H3. The van der Waals surface area contributed by atoms with Crippen LogP contribution >= 0.6 is 11.3 Å². The molecule has 0 bridgehead atoms. The van der Waals surface area contributed by atoms with E-state index in [2.05, 4.69) is 50.2 Å². The van der Waals surface area contributed by atoms with Crippen LogP contribution in [0.5, 0.6) is 0 Å². The fraction of sp³-hybridized carbons (Fsp3) is 0.222. The molecule has 1 aromatic heterocycles. The van der Waals surface area contributed by atoms with E-state index >= 15 is 0 Å². The zero-order valence-corrected chi connectivity index (χ0v) is 12.6. The average Bonchev–Trinajstić information content (AvgIpc) is 2.87. The zero-order valence-electron chi connectivity index (χ0n) is 11.8. The van der Waals surface area contributed by atoms with Gasteiger partial charge in [0.1, 0.15) is 0 Å². The van der Waals surface area contributed by atoms with Gasteiger partial charge in [0.25, 0.3) is 0 Å². The second-order valence-corrected chi connectivity index (χ2v) is 6.45. The van der Waals surface area contributed by atoms with Gasteiger partial charge in [0.05, 0.1) is 6.10 Å². The number of aryl methyl sites for hydroxylation is 2. The number of hydrogen-bond acceptors (Lipinski definition) is 2. The lowest BCUT2D eigenvalue weighted by atomic mass is 9.99. The minimum atomic E-state index is -0.423. The van der Waals surface area contributed by atoms with Gasteiger partial charge in [-0.15, -0.1) is 11.3 Å². The van der Waals surface area contributed by atoms with E-state index in [0.717, 1.165) is 4.88 Å². The first-order chi connectivity index (χ1) is 9.63. The van der Waals surface area contributed by atoms with Crippen LogP contribution in [0, 0.1) is 13.8 Å². The van der Waals surface area contributed by atoms with E-state index in [0.29, 0.717) is 6.42 Å². The molecule has 1 N–H and O–H groups in total. The van der Waals surface area contributed by atoms with E-state index in [1.165, 1.54) is 26.8 Å². The van der Waals surface area contributed by atoms with Crippen LogP contribution in [-0.2, 0) is 6.42 Å². The summed E-state index contributed by atoms with van der Waals surface area (Å²) in [6.07, 6.45) is 0.258. The minimum Gasteiger partial charge on any atom is -0.387 e. The van der Waals surface area contributed by atoms with Gasteiger partial charge in [-0.25, -0.2) is 0 Å². The third-order valence-corrected chi connectivity index (χ3v) is 4.91. The molecule has 102 valence electrons. The Labute approximate surface area is 123 Å². The van der Waals surface area contributed by atoms with Crippen LogP contribution in [-0.4, -0.2) is 5.11 Å². The highest BCUT2D eigenvalue weighted by atomic mass is 32.1. The van der Waals surface area contributed by atoms with Gasteiger partial charge in [-0.1, -0.05) is 42.0 Å². The fourth-order valence-electron chi connectivity index (χ4n) is 2.50. The lowest BCUT2D eigenvalue weighted by Crippen LogP contribution is -2.01.